The predicted octanol–water partition coefficient (Wildman–Crippen LogP) is 3.73. The van der Waals surface area contributed by atoms with Crippen molar-refractivity contribution in [3.63, 3.8) is 0 Å². The number of hydrogen-bond donors (Lipinski definition) is 0. The lowest BCUT2D eigenvalue weighted by molar-refractivity contribution is -0.133. The first-order valence-electron chi connectivity index (χ1n) is 7.58. The molecule has 20 heavy (non-hydrogen) atoms. The Morgan fingerprint density at radius 2 is 2.10 bits per heavy atom. The van der Waals surface area contributed by atoms with Crippen LogP contribution in [0.2, 0.25) is 0 Å². The fraction of sp³-hybridized carbons (Fsp3) is 0.588. The summed E-state index contributed by atoms with van der Waals surface area (Å²) in [6, 6.07) is 10.2. The van der Waals surface area contributed by atoms with Crippen molar-refractivity contribution in [2.75, 3.05) is 19.0 Å². The fourth-order valence-corrected chi connectivity index (χ4v) is 3.32. The van der Waals surface area contributed by atoms with Crippen molar-refractivity contribution in [2.45, 2.75) is 32.6 Å². The van der Waals surface area contributed by atoms with Gasteiger partial charge in [0.1, 0.15) is 0 Å². The third-order valence-corrected chi connectivity index (χ3v) is 4.60. The van der Waals surface area contributed by atoms with Crippen LogP contribution in [0.4, 0.5) is 0 Å². The Morgan fingerprint density at radius 1 is 1.35 bits per heavy atom. The highest BCUT2D eigenvalue weighted by Crippen LogP contribution is 2.27. The van der Waals surface area contributed by atoms with Crippen LogP contribution in [0.25, 0.3) is 0 Å². The molecule has 1 fully saturated rings. The Kier molecular flexibility index (Phi) is 5.90. The summed E-state index contributed by atoms with van der Waals surface area (Å²) in [7, 11) is 0. The van der Waals surface area contributed by atoms with Gasteiger partial charge in [-0.15, -0.1) is 11.6 Å². The van der Waals surface area contributed by atoms with E-state index in [1.807, 2.05) is 23.1 Å². The predicted molar refractivity (Wildman–Crippen MR) is 84.0 cm³/mol. The first kappa shape index (κ1) is 15.4. The minimum atomic E-state index is 0.296. The number of carbonyl (C=O) groups is 1. The molecule has 0 aliphatic carbocycles. The monoisotopic (exact) mass is 293 g/mol. The third kappa shape index (κ3) is 4.24. The molecule has 0 saturated carbocycles. The third-order valence-electron chi connectivity index (χ3n) is 4.39. The summed E-state index contributed by atoms with van der Waals surface area (Å²) in [6.45, 7) is 4.04. The summed E-state index contributed by atoms with van der Waals surface area (Å²) >= 11 is 5.84. The molecule has 0 N–H and O–H groups in total. The van der Waals surface area contributed by atoms with Gasteiger partial charge in [-0.2, -0.15) is 0 Å². The maximum Gasteiger partial charge on any atom is 0.222 e. The van der Waals surface area contributed by atoms with E-state index in [1.165, 1.54) is 5.56 Å². The lowest BCUT2D eigenvalue weighted by atomic mass is 9.85. The van der Waals surface area contributed by atoms with Crippen LogP contribution in [0, 0.1) is 11.8 Å². The molecule has 0 radical (unpaired) electrons. The second-order valence-electron chi connectivity index (χ2n) is 5.83. The molecule has 1 aromatic rings. The molecular weight excluding hydrogens is 270 g/mol. The number of carbonyl (C=O) groups excluding carboxylic acids is 1. The summed E-state index contributed by atoms with van der Waals surface area (Å²) in [6.07, 6.45) is 3.65. The van der Waals surface area contributed by atoms with Crippen LogP contribution in [0.3, 0.4) is 0 Å². The molecule has 1 aliphatic rings. The number of rotatable bonds is 5. The summed E-state index contributed by atoms with van der Waals surface area (Å²) in [5.74, 6) is 2.29. The minimum absolute atomic E-state index is 0.296. The zero-order chi connectivity index (χ0) is 14.4. The smallest absolute Gasteiger partial charge is 0.222 e. The largest absolute Gasteiger partial charge is 0.342 e. The lowest BCUT2D eigenvalue weighted by Crippen LogP contribution is -2.43. The Morgan fingerprint density at radius 3 is 2.75 bits per heavy atom. The van der Waals surface area contributed by atoms with Crippen molar-refractivity contribution in [1.29, 1.82) is 0 Å². The Bertz CT molecular complexity index is 420. The van der Waals surface area contributed by atoms with Gasteiger partial charge in [0.15, 0.2) is 0 Å². The van der Waals surface area contributed by atoms with E-state index < -0.39 is 0 Å². The average Bonchev–Trinajstić information content (AvgIpc) is 2.48. The van der Waals surface area contributed by atoms with Crippen LogP contribution in [0.15, 0.2) is 30.3 Å². The molecule has 2 atom stereocenters. The first-order chi connectivity index (χ1) is 9.70. The second kappa shape index (κ2) is 7.68. The van der Waals surface area contributed by atoms with Crippen molar-refractivity contribution in [2.24, 2.45) is 11.8 Å². The molecule has 2 unspecified atom stereocenters. The molecule has 2 rings (SSSR count). The second-order valence-corrected chi connectivity index (χ2v) is 6.21. The maximum atomic E-state index is 12.3. The van der Waals surface area contributed by atoms with Crippen LogP contribution in [-0.2, 0) is 11.2 Å². The van der Waals surface area contributed by atoms with Gasteiger partial charge < -0.3 is 4.90 Å². The molecule has 2 nitrogen and oxygen atoms in total. The van der Waals surface area contributed by atoms with Crippen molar-refractivity contribution < 1.29 is 4.79 Å². The molecule has 0 aromatic heterocycles. The maximum absolute atomic E-state index is 12.3. The van der Waals surface area contributed by atoms with Crippen LogP contribution in [-0.4, -0.2) is 29.8 Å². The number of piperidine rings is 1. The van der Waals surface area contributed by atoms with Crippen LogP contribution >= 0.6 is 11.6 Å². The molecule has 1 amide bonds. The SMILES string of the molecule is CC1CN(C(=O)CCc2ccccc2)CCC1CCCl. The highest BCUT2D eigenvalue weighted by atomic mass is 35.5. The summed E-state index contributed by atoms with van der Waals surface area (Å²) in [5, 5.41) is 0. The van der Waals surface area contributed by atoms with Gasteiger partial charge in [-0.05, 0) is 36.7 Å². The van der Waals surface area contributed by atoms with E-state index in [0.29, 0.717) is 24.2 Å². The number of alkyl halides is 1. The van der Waals surface area contributed by atoms with E-state index in [9.17, 15) is 4.79 Å². The molecule has 3 heteroatoms. The lowest BCUT2D eigenvalue weighted by Gasteiger charge is -2.37. The molecule has 0 bridgehead atoms. The first-order valence-corrected chi connectivity index (χ1v) is 8.12. The normalized spacial score (nSPS) is 22.8. The van der Waals surface area contributed by atoms with Crippen molar-refractivity contribution >= 4 is 17.5 Å². The van der Waals surface area contributed by atoms with Gasteiger partial charge in [0.2, 0.25) is 5.91 Å². The van der Waals surface area contributed by atoms with Gasteiger partial charge in [-0.1, -0.05) is 37.3 Å². The molecule has 110 valence electrons. The van der Waals surface area contributed by atoms with Crippen molar-refractivity contribution in [3.8, 4) is 0 Å². The molecule has 1 aromatic carbocycles. The van der Waals surface area contributed by atoms with Gasteiger partial charge in [0.25, 0.3) is 0 Å². The molecule has 1 aliphatic heterocycles. The summed E-state index contributed by atoms with van der Waals surface area (Å²) < 4.78 is 0. The topological polar surface area (TPSA) is 20.3 Å². The van der Waals surface area contributed by atoms with Crippen molar-refractivity contribution in [3.05, 3.63) is 35.9 Å². The van der Waals surface area contributed by atoms with Gasteiger partial charge in [0, 0.05) is 25.4 Å². The number of benzene rings is 1. The molecule has 1 heterocycles. The minimum Gasteiger partial charge on any atom is -0.342 e. The van der Waals surface area contributed by atoms with E-state index in [1.54, 1.807) is 0 Å². The van der Waals surface area contributed by atoms with E-state index in [-0.39, 0.29) is 0 Å². The average molecular weight is 294 g/mol. The Labute approximate surface area is 127 Å². The molecular formula is C17H24ClNO. The summed E-state index contributed by atoms with van der Waals surface area (Å²) in [5.41, 5.74) is 1.24. The van der Waals surface area contributed by atoms with E-state index >= 15 is 0 Å². The quantitative estimate of drug-likeness (QED) is 0.758. The van der Waals surface area contributed by atoms with Gasteiger partial charge in [-0.3, -0.25) is 4.79 Å². The standard InChI is InChI=1S/C17H24ClNO/c1-14-13-19(12-10-16(14)9-11-18)17(20)8-7-15-5-3-2-4-6-15/h2-6,14,16H,7-13H2,1H3. The zero-order valence-corrected chi connectivity index (χ0v) is 13.0. The number of nitrogens with zero attached hydrogens (tertiary/aromatic N) is 1. The number of hydrogen-bond acceptors (Lipinski definition) is 1. The number of amides is 1. The highest BCUT2D eigenvalue weighted by Gasteiger charge is 2.27. The van der Waals surface area contributed by atoms with Gasteiger partial charge >= 0.3 is 0 Å². The number of halogens is 1. The Balaban J connectivity index is 1.79. The summed E-state index contributed by atoms with van der Waals surface area (Å²) in [4.78, 5) is 14.3. The van der Waals surface area contributed by atoms with Gasteiger partial charge in [0.05, 0.1) is 0 Å². The Hall–Kier alpha value is -1.02. The van der Waals surface area contributed by atoms with E-state index in [4.69, 9.17) is 11.6 Å². The van der Waals surface area contributed by atoms with E-state index in [2.05, 4.69) is 19.1 Å². The van der Waals surface area contributed by atoms with Crippen LogP contribution in [0.1, 0.15) is 31.7 Å². The number of likely N-dealkylation sites (tertiary alicyclic amines) is 1. The molecule has 1 saturated heterocycles. The fourth-order valence-electron chi connectivity index (χ4n) is 3.04. The zero-order valence-electron chi connectivity index (χ0n) is 12.2. The number of aryl methyl sites for hydroxylation is 1. The van der Waals surface area contributed by atoms with Gasteiger partial charge in [-0.25, -0.2) is 0 Å². The molecule has 0 spiro atoms. The van der Waals surface area contributed by atoms with Crippen LogP contribution in [0.5, 0.6) is 0 Å². The van der Waals surface area contributed by atoms with Crippen LogP contribution < -0.4 is 0 Å². The van der Waals surface area contributed by atoms with Crippen molar-refractivity contribution in [1.82, 2.24) is 4.90 Å². The van der Waals surface area contributed by atoms with E-state index in [0.717, 1.165) is 38.2 Å². The highest BCUT2D eigenvalue weighted by molar-refractivity contribution is 6.17.